The van der Waals surface area contributed by atoms with Crippen molar-refractivity contribution in [3.63, 3.8) is 0 Å². The first-order valence-electron chi connectivity index (χ1n) is 4.97. The largest absolute Gasteiger partial charge is 0.383 e. The number of methoxy groups -OCH3 is 1. The predicted molar refractivity (Wildman–Crippen MR) is 56.6 cm³/mol. The Morgan fingerprint density at radius 2 is 2.23 bits per heavy atom. The summed E-state index contributed by atoms with van der Waals surface area (Å²) in [5.41, 5.74) is 0. The second-order valence-electron chi connectivity index (χ2n) is 3.07. The van der Waals surface area contributed by atoms with E-state index >= 15 is 0 Å². The van der Waals surface area contributed by atoms with Gasteiger partial charge in [-0.3, -0.25) is 0 Å². The Hall–Kier alpha value is -0.520. The second-order valence-corrected chi connectivity index (χ2v) is 3.07. The SMILES string of the molecule is CC#CCCC(COC)NCCC. The van der Waals surface area contributed by atoms with E-state index in [9.17, 15) is 0 Å². The number of rotatable bonds is 7. The zero-order valence-electron chi connectivity index (χ0n) is 9.02. The summed E-state index contributed by atoms with van der Waals surface area (Å²) in [6.07, 6.45) is 3.20. The molecule has 13 heavy (non-hydrogen) atoms. The van der Waals surface area contributed by atoms with Crippen molar-refractivity contribution in [3.05, 3.63) is 0 Å². The van der Waals surface area contributed by atoms with E-state index < -0.39 is 0 Å². The molecular weight excluding hydrogens is 162 g/mol. The highest BCUT2D eigenvalue weighted by molar-refractivity contribution is 4.95. The van der Waals surface area contributed by atoms with Gasteiger partial charge in [-0.15, -0.1) is 11.8 Å². The lowest BCUT2D eigenvalue weighted by atomic mass is 10.1. The van der Waals surface area contributed by atoms with Crippen molar-refractivity contribution in [1.29, 1.82) is 0 Å². The number of hydrogen-bond acceptors (Lipinski definition) is 2. The summed E-state index contributed by atoms with van der Waals surface area (Å²) in [5, 5.41) is 3.44. The molecule has 0 saturated heterocycles. The number of nitrogens with one attached hydrogen (secondary N) is 1. The molecule has 0 aliphatic carbocycles. The van der Waals surface area contributed by atoms with E-state index in [0.29, 0.717) is 6.04 Å². The van der Waals surface area contributed by atoms with Gasteiger partial charge in [0.05, 0.1) is 6.61 Å². The highest BCUT2D eigenvalue weighted by Crippen LogP contribution is 1.97. The Kier molecular flexibility index (Phi) is 9.18. The Morgan fingerprint density at radius 1 is 1.46 bits per heavy atom. The lowest BCUT2D eigenvalue weighted by Crippen LogP contribution is -2.33. The Balaban J connectivity index is 3.57. The lowest BCUT2D eigenvalue weighted by molar-refractivity contribution is 0.163. The minimum absolute atomic E-state index is 0.464. The molecule has 0 fully saturated rings. The zero-order chi connectivity index (χ0) is 9.94. The highest BCUT2D eigenvalue weighted by Gasteiger charge is 2.04. The Morgan fingerprint density at radius 3 is 2.77 bits per heavy atom. The maximum absolute atomic E-state index is 5.12. The molecule has 0 saturated carbocycles. The minimum Gasteiger partial charge on any atom is -0.383 e. The lowest BCUT2D eigenvalue weighted by Gasteiger charge is -2.15. The van der Waals surface area contributed by atoms with Gasteiger partial charge < -0.3 is 10.1 Å². The van der Waals surface area contributed by atoms with Crippen LogP contribution >= 0.6 is 0 Å². The van der Waals surface area contributed by atoms with Crippen LogP contribution in [0.5, 0.6) is 0 Å². The van der Waals surface area contributed by atoms with E-state index in [2.05, 4.69) is 24.1 Å². The van der Waals surface area contributed by atoms with Crippen LogP contribution in [0.3, 0.4) is 0 Å². The van der Waals surface area contributed by atoms with Gasteiger partial charge in [-0.05, 0) is 26.3 Å². The summed E-state index contributed by atoms with van der Waals surface area (Å²) in [6.45, 7) is 5.90. The third-order valence-corrected chi connectivity index (χ3v) is 1.85. The fourth-order valence-corrected chi connectivity index (χ4v) is 1.17. The molecule has 0 spiro atoms. The molecule has 1 N–H and O–H groups in total. The van der Waals surface area contributed by atoms with E-state index in [1.807, 2.05) is 6.92 Å². The molecule has 0 aromatic rings. The number of ether oxygens (including phenoxy) is 1. The highest BCUT2D eigenvalue weighted by atomic mass is 16.5. The van der Waals surface area contributed by atoms with Gasteiger partial charge >= 0.3 is 0 Å². The first kappa shape index (κ1) is 12.5. The van der Waals surface area contributed by atoms with E-state index in [1.54, 1.807) is 7.11 Å². The predicted octanol–water partition coefficient (Wildman–Crippen LogP) is 1.80. The van der Waals surface area contributed by atoms with Crippen LogP contribution in [0, 0.1) is 11.8 Å². The van der Waals surface area contributed by atoms with Crippen molar-refractivity contribution < 1.29 is 4.74 Å². The monoisotopic (exact) mass is 183 g/mol. The molecule has 0 aromatic carbocycles. The zero-order valence-corrected chi connectivity index (χ0v) is 9.02. The molecule has 2 nitrogen and oxygen atoms in total. The van der Waals surface area contributed by atoms with Gasteiger partial charge in [0.1, 0.15) is 0 Å². The van der Waals surface area contributed by atoms with Gasteiger partial charge in [-0.1, -0.05) is 6.92 Å². The van der Waals surface area contributed by atoms with Crippen LogP contribution in [0.25, 0.3) is 0 Å². The number of hydrogen-bond donors (Lipinski definition) is 1. The molecular formula is C11H21NO. The van der Waals surface area contributed by atoms with Crippen LogP contribution in [0.4, 0.5) is 0 Å². The quantitative estimate of drug-likeness (QED) is 0.608. The minimum atomic E-state index is 0.464. The summed E-state index contributed by atoms with van der Waals surface area (Å²) >= 11 is 0. The summed E-state index contributed by atoms with van der Waals surface area (Å²) in [4.78, 5) is 0. The van der Waals surface area contributed by atoms with Gasteiger partial charge in [0.2, 0.25) is 0 Å². The van der Waals surface area contributed by atoms with Crippen LogP contribution in [0.2, 0.25) is 0 Å². The van der Waals surface area contributed by atoms with Crippen LogP contribution in [0.1, 0.15) is 33.1 Å². The topological polar surface area (TPSA) is 21.3 Å². The molecule has 0 aliphatic heterocycles. The fraction of sp³-hybridized carbons (Fsp3) is 0.818. The fourth-order valence-electron chi connectivity index (χ4n) is 1.17. The third kappa shape index (κ3) is 7.83. The van der Waals surface area contributed by atoms with E-state index in [1.165, 1.54) is 6.42 Å². The van der Waals surface area contributed by atoms with Gasteiger partial charge in [-0.25, -0.2) is 0 Å². The Labute approximate surface area is 82.1 Å². The van der Waals surface area contributed by atoms with Crippen LogP contribution in [0.15, 0.2) is 0 Å². The van der Waals surface area contributed by atoms with Gasteiger partial charge in [0.15, 0.2) is 0 Å². The average Bonchev–Trinajstić information content (AvgIpc) is 2.14. The summed E-state index contributed by atoms with van der Waals surface area (Å²) in [6, 6.07) is 0.464. The van der Waals surface area contributed by atoms with Crippen molar-refractivity contribution in [2.45, 2.75) is 39.2 Å². The van der Waals surface area contributed by atoms with Crippen molar-refractivity contribution in [2.75, 3.05) is 20.3 Å². The molecule has 0 radical (unpaired) electrons. The Bertz CT molecular complexity index is 157. The maximum atomic E-state index is 5.12. The smallest absolute Gasteiger partial charge is 0.0616 e. The first-order valence-corrected chi connectivity index (χ1v) is 4.97. The molecule has 0 aliphatic rings. The van der Waals surface area contributed by atoms with Crippen molar-refractivity contribution in [1.82, 2.24) is 5.32 Å². The summed E-state index contributed by atoms with van der Waals surface area (Å²) in [5.74, 6) is 5.97. The molecule has 0 amide bonds. The molecule has 0 bridgehead atoms. The molecule has 1 atom stereocenters. The molecule has 0 aromatic heterocycles. The van der Waals surface area contributed by atoms with Crippen LogP contribution < -0.4 is 5.32 Å². The van der Waals surface area contributed by atoms with E-state index in [0.717, 1.165) is 26.0 Å². The van der Waals surface area contributed by atoms with Crippen molar-refractivity contribution in [3.8, 4) is 11.8 Å². The summed E-state index contributed by atoms with van der Waals surface area (Å²) in [7, 11) is 1.74. The summed E-state index contributed by atoms with van der Waals surface area (Å²) < 4.78 is 5.12. The van der Waals surface area contributed by atoms with E-state index in [-0.39, 0.29) is 0 Å². The molecule has 0 rings (SSSR count). The second kappa shape index (κ2) is 9.57. The van der Waals surface area contributed by atoms with Gasteiger partial charge in [-0.2, -0.15) is 0 Å². The first-order chi connectivity index (χ1) is 6.35. The van der Waals surface area contributed by atoms with Gasteiger partial charge in [0.25, 0.3) is 0 Å². The average molecular weight is 183 g/mol. The van der Waals surface area contributed by atoms with Crippen LogP contribution in [-0.4, -0.2) is 26.3 Å². The van der Waals surface area contributed by atoms with Crippen molar-refractivity contribution in [2.24, 2.45) is 0 Å². The molecule has 1 unspecified atom stereocenters. The maximum Gasteiger partial charge on any atom is 0.0616 e. The third-order valence-electron chi connectivity index (χ3n) is 1.85. The molecule has 2 heteroatoms. The van der Waals surface area contributed by atoms with Crippen LogP contribution in [-0.2, 0) is 4.74 Å². The van der Waals surface area contributed by atoms with Gasteiger partial charge in [0, 0.05) is 19.6 Å². The molecule has 0 heterocycles. The van der Waals surface area contributed by atoms with E-state index in [4.69, 9.17) is 4.74 Å². The normalized spacial score (nSPS) is 11.9. The van der Waals surface area contributed by atoms with Crippen molar-refractivity contribution >= 4 is 0 Å². The standard InChI is InChI=1S/C11H21NO/c1-4-6-7-8-11(10-13-3)12-9-5-2/h11-12H,5,7-10H2,1-3H3. The molecule has 76 valence electrons.